The largest absolute Gasteiger partial charge is 0.421 e. The van der Waals surface area contributed by atoms with Crippen molar-refractivity contribution in [2.75, 3.05) is 17.7 Å². The molecule has 0 fully saturated rings. The van der Waals surface area contributed by atoms with Gasteiger partial charge in [0.05, 0.1) is 23.0 Å². The molecule has 0 bridgehead atoms. The molecule has 9 nitrogen and oxygen atoms in total. The van der Waals surface area contributed by atoms with Crippen LogP contribution in [0.15, 0.2) is 48.7 Å². The highest BCUT2D eigenvalue weighted by atomic mass is 31.2. The van der Waals surface area contributed by atoms with E-state index in [-0.39, 0.29) is 23.1 Å². The number of benzene rings is 2. The second kappa shape index (κ2) is 8.88. The third kappa shape index (κ3) is 5.06. The van der Waals surface area contributed by atoms with E-state index in [1.807, 2.05) is 13.8 Å². The second-order valence-electron chi connectivity index (χ2n) is 8.87. The molecule has 13 heteroatoms. The first-order valence-corrected chi connectivity index (χ1v) is 12.5. The fourth-order valence-corrected chi connectivity index (χ4v) is 4.62. The summed E-state index contributed by atoms with van der Waals surface area (Å²) in [7, 11) is -2.61. The molecule has 2 aromatic carbocycles. The van der Waals surface area contributed by atoms with Crippen LogP contribution in [0.1, 0.15) is 40.9 Å². The van der Waals surface area contributed by atoms with Crippen LogP contribution in [0.25, 0.3) is 0 Å². The van der Waals surface area contributed by atoms with Crippen molar-refractivity contribution in [1.29, 1.82) is 0 Å². The molecule has 0 unspecified atom stereocenters. The van der Waals surface area contributed by atoms with Crippen molar-refractivity contribution in [3.8, 4) is 0 Å². The number of aromatic nitrogens is 2. The smallest absolute Gasteiger partial charge is 0.339 e. The fourth-order valence-electron chi connectivity index (χ4n) is 3.93. The second-order valence-corrected chi connectivity index (χ2v) is 10.5. The van der Waals surface area contributed by atoms with Gasteiger partial charge in [0.25, 0.3) is 5.91 Å². The number of alkyl halides is 3. The number of anilines is 4. The Balaban J connectivity index is 1.68. The summed E-state index contributed by atoms with van der Waals surface area (Å²) in [5.74, 6) is -1.01. The lowest BCUT2D eigenvalue weighted by Gasteiger charge is -2.28. The lowest BCUT2D eigenvalue weighted by Crippen LogP contribution is -2.35. The lowest BCUT2D eigenvalue weighted by molar-refractivity contribution is -0.137. The number of nitrogens with zero attached hydrogens (tertiary/aromatic N) is 3. The summed E-state index contributed by atoms with van der Waals surface area (Å²) in [5.41, 5.74) is 0.173. The summed E-state index contributed by atoms with van der Waals surface area (Å²) in [6.45, 7) is 3.69. The molecule has 0 saturated carbocycles. The normalized spacial score (nSPS) is 15.1. The van der Waals surface area contributed by atoms with Crippen molar-refractivity contribution < 1.29 is 32.3 Å². The number of amides is 1. The number of fused-ring (bicyclic) bond motifs is 1. The molecule has 0 spiro atoms. The number of hydrogen-bond acceptors (Lipinski definition) is 6. The Morgan fingerprint density at radius 1 is 1.08 bits per heavy atom. The highest BCUT2D eigenvalue weighted by molar-refractivity contribution is 7.50. The van der Waals surface area contributed by atoms with E-state index in [9.17, 15) is 22.5 Å². The van der Waals surface area contributed by atoms with Crippen molar-refractivity contribution in [3.05, 3.63) is 70.9 Å². The SMILES string of the molecule is CN1C(=O)c2c(Nc3nc(Nc4ccc(CP(=O)(O)O)cc4)ncc3C(F)(F)F)cccc2C1(C)C. The first kappa shape index (κ1) is 25.6. The van der Waals surface area contributed by atoms with Gasteiger partial charge in [-0.15, -0.1) is 0 Å². The standard InChI is InChI=1S/C23H23F3N5O4P/c1-22(2)15-5-4-6-17(18(15)20(32)31(22)3)29-19-16(23(24,25)26)11-27-21(30-19)28-14-9-7-13(8-10-14)12-36(33,34)35/h4-11H,12H2,1-3H3,(H2,33,34,35)(H2,27,28,29,30). The molecule has 1 amide bonds. The van der Waals surface area contributed by atoms with Crippen LogP contribution in [0.2, 0.25) is 0 Å². The molecular weight excluding hydrogens is 498 g/mol. The Bertz CT molecular complexity index is 1370. The zero-order valence-corrected chi connectivity index (χ0v) is 20.4. The molecule has 1 aliphatic heterocycles. The minimum Gasteiger partial charge on any atom is -0.339 e. The molecule has 0 atom stereocenters. The van der Waals surface area contributed by atoms with Gasteiger partial charge in [-0.25, -0.2) is 4.98 Å². The van der Waals surface area contributed by atoms with Crippen molar-refractivity contribution in [2.45, 2.75) is 31.7 Å². The van der Waals surface area contributed by atoms with Gasteiger partial charge in [0.15, 0.2) is 0 Å². The highest BCUT2D eigenvalue weighted by Gasteiger charge is 2.42. The predicted molar refractivity (Wildman–Crippen MR) is 127 cm³/mol. The van der Waals surface area contributed by atoms with Gasteiger partial charge in [-0.3, -0.25) is 9.36 Å². The van der Waals surface area contributed by atoms with Crippen LogP contribution in [-0.4, -0.2) is 37.6 Å². The minimum absolute atomic E-state index is 0.149. The molecular formula is C23H23F3N5O4P. The van der Waals surface area contributed by atoms with Crippen LogP contribution in [0.5, 0.6) is 0 Å². The van der Waals surface area contributed by atoms with Crippen molar-refractivity contribution in [1.82, 2.24) is 14.9 Å². The fraction of sp³-hybridized carbons (Fsp3) is 0.261. The lowest BCUT2D eigenvalue weighted by atomic mass is 9.93. The Morgan fingerprint density at radius 2 is 1.75 bits per heavy atom. The van der Waals surface area contributed by atoms with Crippen molar-refractivity contribution >= 4 is 36.6 Å². The van der Waals surface area contributed by atoms with Crippen LogP contribution < -0.4 is 10.6 Å². The Labute approximate surface area is 204 Å². The number of hydrogen-bond donors (Lipinski definition) is 4. The number of rotatable bonds is 6. The molecule has 2 heterocycles. The topological polar surface area (TPSA) is 128 Å². The molecule has 1 aliphatic rings. The van der Waals surface area contributed by atoms with Crippen molar-refractivity contribution in [2.24, 2.45) is 0 Å². The van der Waals surface area contributed by atoms with E-state index in [1.54, 1.807) is 19.2 Å². The van der Waals surface area contributed by atoms with Gasteiger partial charge in [0.1, 0.15) is 11.4 Å². The van der Waals surface area contributed by atoms with Crippen LogP contribution in [0, 0.1) is 0 Å². The molecule has 36 heavy (non-hydrogen) atoms. The van der Waals surface area contributed by atoms with E-state index >= 15 is 0 Å². The average Bonchev–Trinajstić information content (AvgIpc) is 2.94. The van der Waals surface area contributed by atoms with Crippen LogP contribution >= 0.6 is 7.60 Å². The molecule has 0 aliphatic carbocycles. The molecule has 190 valence electrons. The molecule has 4 rings (SSSR count). The summed E-state index contributed by atoms with van der Waals surface area (Å²) in [5, 5.41) is 5.47. The maximum atomic E-state index is 13.7. The Morgan fingerprint density at radius 3 is 2.36 bits per heavy atom. The first-order chi connectivity index (χ1) is 16.7. The van der Waals surface area contributed by atoms with Gasteiger partial charge in [-0.05, 0) is 43.2 Å². The van der Waals surface area contributed by atoms with Gasteiger partial charge in [-0.2, -0.15) is 18.2 Å². The van der Waals surface area contributed by atoms with Crippen molar-refractivity contribution in [3.63, 3.8) is 0 Å². The third-order valence-corrected chi connectivity index (χ3v) is 6.80. The summed E-state index contributed by atoms with van der Waals surface area (Å²) >= 11 is 0. The van der Waals surface area contributed by atoms with Gasteiger partial charge < -0.3 is 25.3 Å². The number of carbonyl (C=O) groups is 1. The third-order valence-electron chi connectivity index (χ3n) is 6.03. The molecule has 1 aromatic heterocycles. The zero-order valence-electron chi connectivity index (χ0n) is 19.5. The maximum absolute atomic E-state index is 13.7. The zero-order chi connectivity index (χ0) is 26.5. The van der Waals surface area contributed by atoms with E-state index < -0.39 is 36.9 Å². The van der Waals surface area contributed by atoms with E-state index in [0.29, 0.717) is 23.0 Å². The summed E-state index contributed by atoms with van der Waals surface area (Å²) in [4.78, 5) is 40.4. The Kier molecular flexibility index (Phi) is 6.32. The Hall–Kier alpha value is -3.47. The molecule has 4 N–H and O–H groups in total. The van der Waals surface area contributed by atoms with Crippen LogP contribution in [0.3, 0.4) is 0 Å². The van der Waals surface area contributed by atoms with Gasteiger partial charge in [0.2, 0.25) is 5.95 Å². The van der Waals surface area contributed by atoms with Gasteiger partial charge in [-0.1, -0.05) is 24.3 Å². The summed E-state index contributed by atoms with van der Waals surface area (Å²) in [6.07, 6.45) is -4.56. The van der Waals surface area contributed by atoms with E-state index in [2.05, 4.69) is 20.6 Å². The quantitative estimate of drug-likeness (QED) is 0.335. The summed E-state index contributed by atoms with van der Waals surface area (Å²) < 4.78 is 52.4. The molecule has 0 saturated heterocycles. The number of halogens is 3. The molecule has 3 aromatic rings. The van der Waals surface area contributed by atoms with Crippen LogP contribution in [0.4, 0.5) is 36.3 Å². The van der Waals surface area contributed by atoms with E-state index in [4.69, 9.17) is 9.79 Å². The van der Waals surface area contributed by atoms with Crippen LogP contribution in [-0.2, 0) is 22.4 Å². The van der Waals surface area contributed by atoms with E-state index in [1.165, 1.54) is 35.2 Å². The first-order valence-electron chi connectivity index (χ1n) is 10.7. The number of nitrogens with one attached hydrogen (secondary N) is 2. The maximum Gasteiger partial charge on any atom is 0.421 e. The number of carbonyl (C=O) groups excluding carboxylic acids is 1. The predicted octanol–water partition coefficient (Wildman–Crippen LogP) is 4.98. The minimum atomic E-state index is -4.76. The molecule has 0 radical (unpaired) electrons. The van der Waals surface area contributed by atoms with Gasteiger partial charge in [0, 0.05) is 18.9 Å². The highest BCUT2D eigenvalue weighted by Crippen LogP contribution is 2.43. The van der Waals surface area contributed by atoms with E-state index in [0.717, 1.165) is 0 Å². The summed E-state index contributed by atoms with van der Waals surface area (Å²) in [6, 6.07) is 10.9. The average molecular weight is 521 g/mol. The van der Waals surface area contributed by atoms with Gasteiger partial charge >= 0.3 is 13.8 Å². The monoisotopic (exact) mass is 521 g/mol.